The smallest absolute Gasteiger partial charge is 0.240 e. The van der Waals surface area contributed by atoms with Crippen molar-refractivity contribution in [3.63, 3.8) is 0 Å². The van der Waals surface area contributed by atoms with Gasteiger partial charge in [-0.25, -0.2) is 5.84 Å². The van der Waals surface area contributed by atoms with Crippen LogP contribution in [-0.2, 0) is 11.2 Å². The molecular weight excluding hydrogens is 232 g/mol. The molecule has 3 nitrogen and oxygen atoms in total. The van der Waals surface area contributed by atoms with Gasteiger partial charge in [0.25, 0.3) is 0 Å². The zero-order chi connectivity index (χ0) is 9.84. The van der Waals surface area contributed by atoms with Crippen molar-refractivity contribution in [3.8, 4) is 0 Å². The van der Waals surface area contributed by atoms with Gasteiger partial charge < -0.3 is 0 Å². The van der Waals surface area contributed by atoms with Crippen LogP contribution in [0.25, 0.3) is 0 Å². The molecule has 1 aromatic carbocycles. The van der Waals surface area contributed by atoms with Crippen molar-refractivity contribution in [1.82, 2.24) is 5.01 Å². The fourth-order valence-electron chi connectivity index (χ4n) is 0.929. The number of halogens is 1. The first-order valence-electron chi connectivity index (χ1n) is 3.86. The summed E-state index contributed by atoms with van der Waals surface area (Å²) in [7, 11) is 1.54. The Kier molecular flexibility index (Phi) is 3.45. The second-order valence-electron chi connectivity index (χ2n) is 2.77. The monoisotopic (exact) mass is 242 g/mol. The minimum Gasteiger partial charge on any atom is -0.284 e. The second-order valence-corrected chi connectivity index (χ2v) is 3.63. The van der Waals surface area contributed by atoms with Gasteiger partial charge in [0.1, 0.15) is 0 Å². The number of likely N-dealkylation sites (N-methyl/N-ethyl adjacent to an activating group) is 1. The molecule has 0 aliphatic rings. The zero-order valence-corrected chi connectivity index (χ0v) is 8.91. The Labute approximate surface area is 85.6 Å². The Hall–Kier alpha value is -0.870. The fraction of sp³-hybridized carbons (Fsp3) is 0.222. The largest absolute Gasteiger partial charge is 0.284 e. The first-order valence-corrected chi connectivity index (χ1v) is 4.65. The molecule has 0 aliphatic heterocycles. The molecule has 0 aromatic heterocycles. The molecule has 13 heavy (non-hydrogen) atoms. The van der Waals surface area contributed by atoms with E-state index in [9.17, 15) is 4.79 Å². The van der Waals surface area contributed by atoms with E-state index in [4.69, 9.17) is 5.84 Å². The molecular formula is C9H11BrN2O. The van der Waals surface area contributed by atoms with Gasteiger partial charge in [0.15, 0.2) is 0 Å². The third kappa shape index (κ3) is 2.82. The van der Waals surface area contributed by atoms with Gasteiger partial charge in [-0.3, -0.25) is 9.80 Å². The van der Waals surface area contributed by atoms with Crippen LogP contribution in [0.5, 0.6) is 0 Å². The average molecular weight is 243 g/mol. The molecule has 1 rings (SSSR count). The molecule has 0 heterocycles. The van der Waals surface area contributed by atoms with E-state index in [0.717, 1.165) is 15.0 Å². The summed E-state index contributed by atoms with van der Waals surface area (Å²) in [5, 5.41) is 1.10. The number of nitrogens with two attached hydrogens (primary N) is 1. The normalized spacial score (nSPS) is 9.77. The average Bonchev–Trinajstić information content (AvgIpc) is 2.08. The number of nitrogens with zero attached hydrogens (tertiary/aromatic N) is 1. The minimum absolute atomic E-state index is 0.105. The van der Waals surface area contributed by atoms with Gasteiger partial charge in [0.05, 0.1) is 6.42 Å². The summed E-state index contributed by atoms with van der Waals surface area (Å²) in [6.07, 6.45) is 0.328. The van der Waals surface area contributed by atoms with Gasteiger partial charge in [-0.1, -0.05) is 34.1 Å². The lowest BCUT2D eigenvalue weighted by Gasteiger charge is -2.10. The summed E-state index contributed by atoms with van der Waals surface area (Å²) in [6.45, 7) is 0. The van der Waals surface area contributed by atoms with Crippen LogP contribution in [0.4, 0.5) is 0 Å². The van der Waals surface area contributed by atoms with E-state index < -0.39 is 0 Å². The molecule has 4 heteroatoms. The third-order valence-electron chi connectivity index (χ3n) is 1.69. The van der Waals surface area contributed by atoms with Crippen molar-refractivity contribution in [1.29, 1.82) is 0 Å². The summed E-state index contributed by atoms with van der Waals surface area (Å²) < 4.78 is 0.935. The molecule has 1 amide bonds. The number of hydrogen-bond donors (Lipinski definition) is 1. The highest BCUT2D eigenvalue weighted by Gasteiger charge is 2.07. The maximum atomic E-state index is 11.2. The first-order chi connectivity index (χ1) is 6.11. The highest BCUT2D eigenvalue weighted by atomic mass is 79.9. The lowest BCUT2D eigenvalue weighted by atomic mass is 10.1. The molecule has 70 valence electrons. The molecule has 0 saturated heterocycles. The predicted molar refractivity (Wildman–Crippen MR) is 54.8 cm³/mol. The van der Waals surface area contributed by atoms with Crippen molar-refractivity contribution in [3.05, 3.63) is 34.3 Å². The van der Waals surface area contributed by atoms with Gasteiger partial charge in [0.2, 0.25) is 5.91 Å². The van der Waals surface area contributed by atoms with Crippen LogP contribution in [-0.4, -0.2) is 18.0 Å². The molecule has 0 fully saturated rings. The van der Waals surface area contributed by atoms with E-state index in [1.165, 1.54) is 0 Å². The minimum atomic E-state index is -0.105. The van der Waals surface area contributed by atoms with Crippen LogP contribution in [0.3, 0.4) is 0 Å². The number of benzene rings is 1. The van der Waals surface area contributed by atoms with Crippen LogP contribution >= 0.6 is 15.9 Å². The summed E-state index contributed by atoms with van der Waals surface area (Å²) in [5.41, 5.74) is 0.949. The standard InChI is InChI=1S/C9H11BrN2O/c1-12(11)9(13)6-7-4-2-3-5-8(7)10/h2-5H,6,11H2,1H3. The zero-order valence-electron chi connectivity index (χ0n) is 7.33. The SMILES string of the molecule is CN(N)C(=O)Cc1ccccc1Br. The van der Waals surface area contributed by atoms with Crippen LogP contribution in [0, 0.1) is 0 Å². The molecule has 0 spiro atoms. The van der Waals surface area contributed by atoms with E-state index in [1.807, 2.05) is 24.3 Å². The van der Waals surface area contributed by atoms with Crippen LogP contribution in [0.1, 0.15) is 5.56 Å². The van der Waals surface area contributed by atoms with Gasteiger partial charge in [-0.15, -0.1) is 0 Å². The van der Waals surface area contributed by atoms with E-state index in [2.05, 4.69) is 15.9 Å². The van der Waals surface area contributed by atoms with Crippen molar-refractivity contribution in [2.24, 2.45) is 5.84 Å². The number of hydrazine groups is 1. The quantitative estimate of drug-likeness (QED) is 0.483. The molecule has 1 aromatic rings. The topological polar surface area (TPSA) is 46.3 Å². The molecule has 2 N–H and O–H groups in total. The number of amides is 1. The maximum Gasteiger partial charge on any atom is 0.240 e. The molecule has 0 aliphatic carbocycles. The lowest BCUT2D eigenvalue weighted by Crippen LogP contribution is -2.34. The van der Waals surface area contributed by atoms with Gasteiger partial charge >= 0.3 is 0 Å². The first kappa shape index (κ1) is 10.2. The number of carbonyl (C=O) groups is 1. The molecule has 0 unspecified atom stereocenters. The maximum absolute atomic E-state index is 11.2. The van der Waals surface area contributed by atoms with Crippen LogP contribution in [0.15, 0.2) is 28.7 Å². The Morgan fingerprint density at radius 3 is 2.69 bits per heavy atom. The summed E-state index contributed by atoms with van der Waals surface area (Å²) in [4.78, 5) is 11.2. The van der Waals surface area contributed by atoms with Crippen molar-refractivity contribution in [2.75, 3.05) is 7.05 Å². The molecule has 0 radical (unpaired) electrons. The number of hydrogen-bond acceptors (Lipinski definition) is 2. The van der Waals surface area contributed by atoms with Gasteiger partial charge in [-0.05, 0) is 11.6 Å². The number of carbonyl (C=O) groups excluding carboxylic acids is 1. The fourth-order valence-corrected chi connectivity index (χ4v) is 1.35. The molecule has 0 saturated carbocycles. The highest BCUT2D eigenvalue weighted by Crippen LogP contribution is 2.16. The van der Waals surface area contributed by atoms with Crippen LogP contribution in [0.2, 0.25) is 0 Å². The van der Waals surface area contributed by atoms with Gasteiger partial charge in [0, 0.05) is 11.5 Å². The van der Waals surface area contributed by atoms with E-state index in [-0.39, 0.29) is 5.91 Å². The van der Waals surface area contributed by atoms with Crippen LogP contribution < -0.4 is 5.84 Å². The van der Waals surface area contributed by atoms with Crippen molar-refractivity contribution < 1.29 is 4.79 Å². The lowest BCUT2D eigenvalue weighted by molar-refractivity contribution is -0.129. The van der Waals surface area contributed by atoms with E-state index >= 15 is 0 Å². The predicted octanol–water partition coefficient (Wildman–Crippen LogP) is 1.32. The highest BCUT2D eigenvalue weighted by molar-refractivity contribution is 9.10. The Morgan fingerprint density at radius 1 is 1.54 bits per heavy atom. The third-order valence-corrected chi connectivity index (χ3v) is 2.47. The van der Waals surface area contributed by atoms with Crippen molar-refractivity contribution >= 4 is 21.8 Å². The molecule has 0 atom stereocenters. The Balaban J connectivity index is 2.75. The molecule has 0 bridgehead atoms. The summed E-state index contributed by atoms with van der Waals surface area (Å²) >= 11 is 3.36. The number of rotatable bonds is 2. The second kappa shape index (κ2) is 4.39. The Bertz CT molecular complexity index is 312. The summed E-state index contributed by atoms with van der Waals surface area (Å²) in [6, 6.07) is 7.60. The van der Waals surface area contributed by atoms with Gasteiger partial charge in [-0.2, -0.15) is 0 Å². The summed E-state index contributed by atoms with van der Waals surface area (Å²) in [5.74, 6) is 5.20. The van der Waals surface area contributed by atoms with Crippen molar-refractivity contribution in [2.45, 2.75) is 6.42 Å². The Morgan fingerprint density at radius 2 is 2.15 bits per heavy atom. The van der Waals surface area contributed by atoms with E-state index in [0.29, 0.717) is 6.42 Å². The van der Waals surface area contributed by atoms with E-state index in [1.54, 1.807) is 7.05 Å².